The normalized spacial score (nSPS) is 13.2. The van der Waals surface area contributed by atoms with Gasteiger partial charge in [0.1, 0.15) is 0 Å². The Hall–Kier alpha value is -6.76. The molecule has 6 heteroatoms. The molecule has 0 bridgehead atoms. The second-order valence-electron chi connectivity index (χ2n) is 14.3. The third kappa shape index (κ3) is 4.84. The SMILES string of the molecule is Cc1cc(N(c2ccc(C#N)cc2)c2cccnc2)c2cc3c4c(cc(N(c5ccc(C#N)cc5)c5cccnc5)c5ccc1c2c54)CCC3(C)C. The summed E-state index contributed by atoms with van der Waals surface area (Å²) in [6, 6.07) is 40.0. The summed E-state index contributed by atoms with van der Waals surface area (Å²) < 4.78 is 0. The lowest BCUT2D eigenvalue weighted by Gasteiger charge is -2.37. The van der Waals surface area contributed by atoms with Crippen molar-refractivity contribution < 1.29 is 0 Å². The van der Waals surface area contributed by atoms with E-state index in [1.807, 2.05) is 73.1 Å². The first-order valence-corrected chi connectivity index (χ1v) is 17.6. The topological polar surface area (TPSA) is 79.8 Å². The fourth-order valence-electron chi connectivity index (χ4n) is 8.20. The maximum absolute atomic E-state index is 9.61. The van der Waals surface area contributed by atoms with Crippen LogP contribution in [-0.2, 0) is 11.8 Å². The highest BCUT2D eigenvalue weighted by atomic mass is 15.2. The molecule has 6 aromatic carbocycles. The van der Waals surface area contributed by atoms with E-state index in [2.05, 4.69) is 95.1 Å². The Labute approximate surface area is 302 Å². The van der Waals surface area contributed by atoms with E-state index in [-0.39, 0.29) is 5.41 Å². The van der Waals surface area contributed by atoms with E-state index < -0.39 is 0 Å². The Morgan fingerprint density at radius 1 is 0.596 bits per heavy atom. The van der Waals surface area contributed by atoms with Gasteiger partial charge in [-0.2, -0.15) is 10.5 Å². The largest absolute Gasteiger partial charge is 0.308 e. The minimum Gasteiger partial charge on any atom is -0.308 e. The van der Waals surface area contributed by atoms with Gasteiger partial charge in [-0.25, -0.2) is 0 Å². The van der Waals surface area contributed by atoms with Gasteiger partial charge in [0.25, 0.3) is 0 Å². The first-order chi connectivity index (χ1) is 25.4. The van der Waals surface area contributed by atoms with E-state index in [1.54, 1.807) is 12.4 Å². The minimum atomic E-state index is -0.0484. The zero-order chi connectivity index (χ0) is 35.6. The number of hydrogen-bond donors (Lipinski definition) is 0. The number of rotatable bonds is 6. The lowest BCUT2D eigenvalue weighted by Crippen LogP contribution is -2.24. The molecule has 2 aromatic heterocycles. The standard InChI is InChI=1S/C46H34N6/c1-29-22-41(51(35-6-4-20-49-27-35)33-12-8-30(25-47)9-13-33)39-24-40-43-32(18-19-46(40,2)3)23-42(38-17-16-37(29)44(39)45(38)43)52(36-7-5-21-50-28-36)34-14-10-31(26-48)11-15-34/h4-17,20-24,27-28H,18-19H2,1-3H3. The summed E-state index contributed by atoms with van der Waals surface area (Å²) in [5.41, 5.74) is 11.0. The van der Waals surface area contributed by atoms with Crippen molar-refractivity contribution in [1.82, 2.24) is 9.97 Å². The van der Waals surface area contributed by atoms with Crippen LogP contribution in [0.5, 0.6) is 0 Å². The summed E-state index contributed by atoms with van der Waals surface area (Å²) in [7, 11) is 0. The first-order valence-electron chi connectivity index (χ1n) is 17.6. The molecule has 0 aliphatic heterocycles. The van der Waals surface area contributed by atoms with E-state index in [0.29, 0.717) is 11.1 Å². The summed E-state index contributed by atoms with van der Waals surface area (Å²) in [6.07, 6.45) is 9.40. The Morgan fingerprint density at radius 3 is 1.69 bits per heavy atom. The second kappa shape index (κ2) is 11.9. The monoisotopic (exact) mass is 670 g/mol. The second-order valence-corrected chi connectivity index (χ2v) is 14.3. The van der Waals surface area contributed by atoms with Crippen molar-refractivity contribution in [3.8, 4) is 12.1 Å². The van der Waals surface area contributed by atoms with Crippen LogP contribution in [-0.4, -0.2) is 9.97 Å². The fraction of sp³-hybridized carbons (Fsp3) is 0.130. The van der Waals surface area contributed by atoms with Gasteiger partial charge in [-0.15, -0.1) is 0 Å². The molecule has 0 saturated carbocycles. The molecule has 0 unspecified atom stereocenters. The molecule has 2 heterocycles. The van der Waals surface area contributed by atoms with Gasteiger partial charge in [0.05, 0.1) is 58.4 Å². The molecule has 0 N–H and O–H groups in total. The predicted molar refractivity (Wildman–Crippen MR) is 211 cm³/mol. The molecular weight excluding hydrogens is 637 g/mol. The Balaban J connectivity index is 1.42. The molecule has 52 heavy (non-hydrogen) atoms. The van der Waals surface area contributed by atoms with Crippen LogP contribution in [0.4, 0.5) is 34.1 Å². The molecule has 9 rings (SSSR count). The van der Waals surface area contributed by atoms with E-state index in [9.17, 15) is 10.5 Å². The Kier molecular flexibility index (Phi) is 7.17. The van der Waals surface area contributed by atoms with Crippen molar-refractivity contribution in [1.29, 1.82) is 10.5 Å². The molecule has 0 radical (unpaired) electrons. The average Bonchev–Trinajstić information content (AvgIpc) is 3.18. The summed E-state index contributed by atoms with van der Waals surface area (Å²) in [5, 5.41) is 26.6. The maximum atomic E-state index is 9.61. The number of aryl methyl sites for hydroxylation is 2. The highest BCUT2D eigenvalue weighted by Crippen LogP contribution is 2.53. The molecule has 0 amide bonds. The van der Waals surface area contributed by atoms with Crippen LogP contribution in [0.1, 0.15) is 48.1 Å². The molecular formula is C46H34N6. The van der Waals surface area contributed by atoms with Crippen LogP contribution >= 0.6 is 0 Å². The number of nitrogens with zero attached hydrogens (tertiary/aromatic N) is 6. The number of anilines is 6. The summed E-state index contributed by atoms with van der Waals surface area (Å²) >= 11 is 0. The van der Waals surface area contributed by atoms with E-state index >= 15 is 0 Å². The van der Waals surface area contributed by atoms with Crippen LogP contribution < -0.4 is 9.80 Å². The van der Waals surface area contributed by atoms with Crippen molar-refractivity contribution in [2.45, 2.75) is 39.0 Å². The molecule has 0 fully saturated rings. The summed E-state index contributed by atoms with van der Waals surface area (Å²) in [5.74, 6) is 0. The van der Waals surface area contributed by atoms with Gasteiger partial charge in [0.15, 0.2) is 0 Å². The summed E-state index contributed by atoms with van der Waals surface area (Å²) in [6.45, 7) is 6.95. The smallest absolute Gasteiger partial charge is 0.0991 e. The lowest BCUT2D eigenvalue weighted by molar-refractivity contribution is 0.475. The average molecular weight is 671 g/mol. The molecule has 6 nitrogen and oxygen atoms in total. The molecule has 0 saturated heterocycles. The number of hydrogen-bond acceptors (Lipinski definition) is 6. The van der Waals surface area contributed by atoms with E-state index in [4.69, 9.17) is 0 Å². The Morgan fingerprint density at radius 2 is 1.15 bits per heavy atom. The van der Waals surface area contributed by atoms with Crippen molar-refractivity contribution in [3.63, 3.8) is 0 Å². The quantitative estimate of drug-likeness (QED) is 0.164. The van der Waals surface area contributed by atoms with Crippen LogP contribution in [0.15, 0.2) is 128 Å². The van der Waals surface area contributed by atoms with E-state index in [0.717, 1.165) is 52.4 Å². The van der Waals surface area contributed by atoms with Gasteiger partial charge in [-0.3, -0.25) is 9.97 Å². The minimum absolute atomic E-state index is 0.0484. The van der Waals surface area contributed by atoms with Gasteiger partial charge in [0.2, 0.25) is 0 Å². The molecule has 0 spiro atoms. The van der Waals surface area contributed by atoms with Crippen molar-refractivity contribution in [2.75, 3.05) is 9.80 Å². The van der Waals surface area contributed by atoms with Crippen LogP contribution in [0, 0.1) is 29.6 Å². The lowest BCUT2D eigenvalue weighted by atomic mass is 9.70. The zero-order valence-corrected chi connectivity index (χ0v) is 29.2. The number of benzene rings is 6. The molecule has 0 atom stereocenters. The number of aromatic nitrogens is 2. The maximum Gasteiger partial charge on any atom is 0.0991 e. The molecule has 248 valence electrons. The highest BCUT2D eigenvalue weighted by molar-refractivity contribution is 6.30. The van der Waals surface area contributed by atoms with Crippen molar-refractivity contribution >= 4 is 66.4 Å². The molecule has 1 aliphatic carbocycles. The molecule has 1 aliphatic rings. The number of nitriles is 2. The molecule has 8 aromatic rings. The van der Waals surface area contributed by atoms with Gasteiger partial charge < -0.3 is 9.80 Å². The highest BCUT2D eigenvalue weighted by Gasteiger charge is 2.33. The number of pyridine rings is 2. The first kappa shape index (κ1) is 31.2. The van der Waals surface area contributed by atoms with Crippen LogP contribution in [0.3, 0.4) is 0 Å². The van der Waals surface area contributed by atoms with Crippen LogP contribution in [0.25, 0.3) is 32.3 Å². The van der Waals surface area contributed by atoms with Crippen molar-refractivity contribution in [2.24, 2.45) is 0 Å². The third-order valence-corrected chi connectivity index (χ3v) is 10.8. The fourth-order valence-corrected chi connectivity index (χ4v) is 8.20. The van der Waals surface area contributed by atoms with Gasteiger partial charge in [-0.1, -0.05) is 26.0 Å². The predicted octanol–water partition coefficient (Wildman–Crippen LogP) is 11.6. The van der Waals surface area contributed by atoms with Crippen LogP contribution in [0.2, 0.25) is 0 Å². The van der Waals surface area contributed by atoms with Gasteiger partial charge >= 0.3 is 0 Å². The van der Waals surface area contributed by atoms with E-state index in [1.165, 1.54) is 43.6 Å². The Bertz CT molecular complexity index is 2720. The van der Waals surface area contributed by atoms with Crippen molar-refractivity contribution in [3.05, 3.63) is 156 Å². The van der Waals surface area contributed by atoms with Gasteiger partial charge in [0, 0.05) is 39.9 Å². The van der Waals surface area contributed by atoms with Gasteiger partial charge in [-0.05, 0) is 149 Å². The third-order valence-electron chi connectivity index (χ3n) is 10.8. The summed E-state index contributed by atoms with van der Waals surface area (Å²) in [4.78, 5) is 13.6. The zero-order valence-electron chi connectivity index (χ0n) is 29.2.